The van der Waals surface area contributed by atoms with E-state index in [1.54, 1.807) is 0 Å². The molecule has 0 aromatic heterocycles. The molecule has 0 saturated heterocycles. The Kier molecular flexibility index (Phi) is 1.42. The van der Waals surface area contributed by atoms with Crippen LogP contribution in [0.25, 0.3) is 0 Å². The van der Waals surface area contributed by atoms with E-state index in [2.05, 4.69) is 0 Å². The molecule has 2 amide bonds. The lowest BCUT2D eigenvalue weighted by Crippen LogP contribution is -2.24. The van der Waals surface area contributed by atoms with Gasteiger partial charge in [0.1, 0.15) is 5.78 Å². The summed E-state index contributed by atoms with van der Waals surface area (Å²) in [5.41, 5.74) is -0.0872. The quantitative estimate of drug-likeness (QED) is 0.290. The molecular weight excluding hydrogens is 174 g/mol. The van der Waals surface area contributed by atoms with Crippen molar-refractivity contribution in [2.24, 2.45) is 0 Å². The summed E-state index contributed by atoms with van der Waals surface area (Å²) in [6.07, 6.45) is -0.363. The van der Waals surface area contributed by atoms with E-state index < -0.39 is 17.6 Å². The summed E-state index contributed by atoms with van der Waals surface area (Å²) in [6.45, 7) is 0. The maximum absolute atomic E-state index is 11.2. The molecule has 5 nitrogen and oxygen atoms in total. The average molecular weight is 179 g/mol. The number of carbonyl (C=O) groups is 4. The van der Waals surface area contributed by atoms with Gasteiger partial charge in [0, 0.05) is 12.0 Å². The van der Waals surface area contributed by atoms with E-state index in [4.69, 9.17) is 0 Å². The minimum absolute atomic E-state index is 0.0336. The van der Waals surface area contributed by atoms with Gasteiger partial charge < -0.3 is 0 Å². The molecule has 0 unspecified atom stereocenters. The predicted molar refractivity (Wildman–Crippen MR) is 39.4 cm³/mol. The van der Waals surface area contributed by atoms with Gasteiger partial charge in [0.15, 0.2) is 5.78 Å². The van der Waals surface area contributed by atoms with Gasteiger partial charge in [-0.3, -0.25) is 24.5 Å². The lowest BCUT2D eigenvalue weighted by Gasteiger charge is -2.07. The molecule has 2 rings (SSSR count). The Morgan fingerprint density at radius 1 is 0.923 bits per heavy atom. The smallest absolute Gasteiger partial charge is 0.262 e. The number of ketones is 2. The molecule has 66 valence electrons. The normalized spacial score (nSPS) is 22.2. The SMILES string of the molecule is O=C1CC(=O)C2=C(C1)C(=O)NC2=O. The maximum Gasteiger partial charge on any atom is 0.262 e. The summed E-state index contributed by atoms with van der Waals surface area (Å²) in [5.74, 6) is -2.14. The minimum Gasteiger partial charge on any atom is -0.299 e. The lowest BCUT2D eigenvalue weighted by molar-refractivity contribution is -0.127. The van der Waals surface area contributed by atoms with Gasteiger partial charge in [0.05, 0.1) is 12.0 Å². The van der Waals surface area contributed by atoms with Gasteiger partial charge in [-0.25, -0.2) is 0 Å². The van der Waals surface area contributed by atoms with Crippen molar-refractivity contribution in [3.8, 4) is 0 Å². The van der Waals surface area contributed by atoms with Gasteiger partial charge in [-0.05, 0) is 0 Å². The molecule has 0 saturated carbocycles. The molecule has 0 spiro atoms. The predicted octanol–water partition coefficient (Wildman–Crippen LogP) is -1.13. The summed E-state index contributed by atoms with van der Waals surface area (Å²) in [5, 5.41) is 1.98. The highest BCUT2D eigenvalue weighted by Crippen LogP contribution is 2.23. The van der Waals surface area contributed by atoms with Crippen molar-refractivity contribution >= 4 is 23.4 Å². The third-order valence-electron chi connectivity index (χ3n) is 2.04. The molecule has 2 aliphatic rings. The van der Waals surface area contributed by atoms with Crippen LogP contribution in [0.15, 0.2) is 11.1 Å². The van der Waals surface area contributed by atoms with Crippen molar-refractivity contribution in [3.63, 3.8) is 0 Å². The summed E-state index contributed by atoms with van der Waals surface area (Å²) in [4.78, 5) is 44.1. The van der Waals surface area contributed by atoms with Crippen LogP contribution in [0.2, 0.25) is 0 Å². The van der Waals surface area contributed by atoms with Crippen LogP contribution in [0.4, 0.5) is 0 Å². The number of rotatable bonds is 0. The number of Topliss-reactive ketones (excluding diaryl/α,β-unsaturated/α-hetero) is 2. The Morgan fingerprint density at radius 2 is 1.62 bits per heavy atom. The number of amides is 2. The fourth-order valence-electron chi connectivity index (χ4n) is 1.48. The van der Waals surface area contributed by atoms with Crippen LogP contribution in [-0.2, 0) is 19.2 Å². The van der Waals surface area contributed by atoms with E-state index >= 15 is 0 Å². The van der Waals surface area contributed by atoms with E-state index in [1.807, 2.05) is 5.32 Å². The number of nitrogens with one attached hydrogen (secondary N) is 1. The Hall–Kier alpha value is -1.78. The van der Waals surface area contributed by atoms with Crippen molar-refractivity contribution < 1.29 is 19.2 Å². The first kappa shape index (κ1) is 7.85. The van der Waals surface area contributed by atoms with Crippen molar-refractivity contribution in [1.29, 1.82) is 0 Å². The van der Waals surface area contributed by atoms with Crippen LogP contribution in [-0.4, -0.2) is 23.4 Å². The van der Waals surface area contributed by atoms with Gasteiger partial charge in [0.2, 0.25) is 0 Å². The second-order valence-electron chi connectivity index (χ2n) is 2.95. The zero-order chi connectivity index (χ0) is 9.59. The van der Waals surface area contributed by atoms with Crippen LogP contribution < -0.4 is 5.32 Å². The van der Waals surface area contributed by atoms with E-state index in [-0.39, 0.29) is 29.8 Å². The van der Waals surface area contributed by atoms with Crippen molar-refractivity contribution in [2.45, 2.75) is 12.8 Å². The molecule has 0 bridgehead atoms. The third kappa shape index (κ3) is 1.00. The third-order valence-corrected chi connectivity index (χ3v) is 2.04. The summed E-state index contributed by atoms with van der Waals surface area (Å²) in [7, 11) is 0. The van der Waals surface area contributed by atoms with Gasteiger partial charge >= 0.3 is 0 Å². The van der Waals surface area contributed by atoms with E-state index in [0.717, 1.165) is 0 Å². The average Bonchev–Trinajstić information content (AvgIpc) is 2.27. The van der Waals surface area contributed by atoms with E-state index in [0.29, 0.717) is 0 Å². The Morgan fingerprint density at radius 3 is 2.31 bits per heavy atom. The van der Waals surface area contributed by atoms with Crippen molar-refractivity contribution in [1.82, 2.24) is 5.32 Å². The summed E-state index contributed by atoms with van der Waals surface area (Å²) in [6, 6.07) is 0. The molecular formula is C8H5NO4. The highest BCUT2D eigenvalue weighted by atomic mass is 16.2. The fourth-order valence-corrected chi connectivity index (χ4v) is 1.48. The molecule has 0 aromatic carbocycles. The number of hydrogen-bond acceptors (Lipinski definition) is 4. The zero-order valence-corrected chi connectivity index (χ0v) is 6.55. The molecule has 1 aliphatic heterocycles. The van der Waals surface area contributed by atoms with Gasteiger partial charge in [0.25, 0.3) is 11.8 Å². The lowest BCUT2D eigenvalue weighted by atomic mass is 9.91. The van der Waals surface area contributed by atoms with Crippen LogP contribution in [0, 0.1) is 0 Å². The summed E-state index contributed by atoms with van der Waals surface area (Å²) >= 11 is 0. The largest absolute Gasteiger partial charge is 0.299 e. The number of hydrogen-bond donors (Lipinski definition) is 1. The van der Waals surface area contributed by atoms with Gasteiger partial charge in [-0.15, -0.1) is 0 Å². The van der Waals surface area contributed by atoms with Gasteiger partial charge in [-0.1, -0.05) is 0 Å². The van der Waals surface area contributed by atoms with Crippen molar-refractivity contribution in [2.75, 3.05) is 0 Å². The first-order chi connectivity index (χ1) is 6.09. The van der Waals surface area contributed by atoms with E-state index in [9.17, 15) is 19.2 Å². The molecule has 0 fully saturated rings. The Balaban J connectivity index is 2.54. The molecule has 13 heavy (non-hydrogen) atoms. The molecule has 1 aliphatic carbocycles. The van der Waals surface area contributed by atoms with Crippen molar-refractivity contribution in [3.05, 3.63) is 11.1 Å². The first-order valence-electron chi connectivity index (χ1n) is 3.73. The van der Waals surface area contributed by atoms with Crippen LogP contribution in [0.3, 0.4) is 0 Å². The fraction of sp³-hybridized carbons (Fsp3) is 0.250. The minimum atomic E-state index is -0.669. The highest BCUT2D eigenvalue weighted by Gasteiger charge is 2.39. The van der Waals surface area contributed by atoms with Crippen LogP contribution in [0.5, 0.6) is 0 Å². The Labute approximate surface area is 72.8 Å². The highest BCUT2D eigenvalue weighted by molar-refractivity contribution is 6.36. The van der Waals surface area contributed by atoms with E-state index in [1.165, 1.54) is 0 Å². The van der Waals surface area contributed by atoms with Crippen LogP contribution >= 0.6 is 0 Å². The topological polar surface area (TPSA) is 80.3 Å². The number of carbonyl (C=O) groups excluding carboxylic acids is 4. The standard InChI is InChI=1S/C8H5NO4/c10-3-1-4-6(5(11)2-3)8(13)9-7(4)12/h1-2H2,(H,9,12,13). The Bertz CT molecular complexity index is 391. The molecule has 5 heteroatoms. The molecule has 1 N–H and O–H groups in total. The maximum atomic E-state index is 11.2. The molecule has 0 radical (unpaired) electrons. The summed E-state index contributed by atoms with van der Waals surface area (Å²) < 4.78 is 0. The van der Waals surface area contributed by atoms with Gasteiger partial charge in [-0.2, -0.15) is 0 Å². The monoisotopic (exact) mass is 179 g/mol. The second kappa shape index (κ2) is 2.35. The zero-order valence-electron chi connectivity index (χ0n) is 6.55. The molecule has 0 atom stereocenters. The van der Waals surface area contributed by atoms with Crippen LogP contribution in [0.1, 0.15) is 12.8 Å². The first-order valence-corrected chi connectivity index (χ1v) is 3.73. The number of imide groups is 1. The second-order valence-corrected chi connectivity index (χ2v) is 2.95. The molecule has 1 heterocycles. The molecule has 0 aromatic rings.